The molecule has 0 unspecified atom stereocenters. The predicted octanol–water partition coefficient (Wildman–Crippen LogP) is 4.67. The van der Waals surface area contributed by atoms with Gasteiger partial charge in [0.1, 0.15) is 5.56 Å². The number of benzene rings is 4. The second-order valence-electron chi connectivity index (χ2n) is 6.21. The minimum atomic E-state index is -0.631. The molecule has 0 aliphatic heterocycles. The predicted molar refractivity (Wildman–Crippen MR) is 110 cm³/mol. The van der Waals surface area contributed by atoms with Crippen LogP contribution in [0.15, 0.2) is 84.0 Å². The molecule has 0 spiro atoms. The Bertz CT molecular complexity index is 1190. The Kier molecular flexibility index (Phi) is 4.51. The van der Waals surface area contributed by atoms with E-state index < -0.39 is 10.8 Å². The summed E-state index contributed by atoms with van der Waals surface area (Å²) in [6, 6.07) is 23.7. The number of carbonyl (C=O) groups is 1. The summed E-state index contributed by atoms with van der Waals surface area (Å²) >= 11 is 0. The van der Waals surface area contributed by atoms with Crippen LogP contribution in [-0.4, -0.2) is 17.0 Å². The summed E-state index contributed by atoms with van der Waals surface area (Å²) in [5.41, 5.74) is 2.98. The van der Waals surface area contributed by atoms with Crippen LogP contribution in [0.5, 0.6) is 0 Å². The average molecular weight is 369 g/mol. The van der Waals surface area contributed by atoms with Gasteiger partial charge in [-0.25, -0.2) is 5.43 Å². The van der Waals surface area contributed by atoms with Crippen molar-refractivity contribution in [3.8, 4) is 0 Å². The molecule has 0 bridgehead atoms. The minimum Gasteiger partial charge on any atom is -0.267 e. The Labute approximate surface area is 160 Å². The highest BCUT2D eigenvalue weighted by Gasteiger charge is 2.18. The third-order valence-electron chi connectivity index (χ3n) is 4.52. The number of hydrogen-bond acceptors (Lipinski definition) is 4. The van der Waals surface area contributed by atoms with Crippen molar-refractivity contribution in [3.05, 3.63) is 100 Å². The van der Waals surface area contributed by atoms with Crippen molar-refractivity contribution in [3.63, 3.8) is 0 Å². The third kappa shape index (κ3) is 3.19. The number of nitrogens with zero attached hydrogens (tertiary/aromatic N) is 2. The highest BCUT2D eigenvalue weighted by atomic mass is 16.6. The van der Waals surface area contributed by atoms with Crippen molar-refractivity contribution in [1.82, 2.24) is 5.43 Å². The molecule has 0 aliphatic carbocycles. The second-order valence-corrected chi connectivity index (χ2v) is 6.21. The van der Waals surface area contributed by atoms with Crippen molar-refractivity contribution >= 4 is 39.4 Å². The highest BCUT2D eigenvalue weighted by molar-refractivity contribution is 6.13. The molecule has 0 fully saturated rings. The summed E-state index contributed by atoms with van der Waals surface area (Å²) in [4.78, 5) is 22.9. The van der Waals surface area contributed by atoms with E-state index in [0.29, 0.717) is 0 Å². The normalized spacial score (nSPS) is 11.1. The lowest BCUT2D eigenvalue weighted by molar-refractivity contribution is -0.385. The quantitative estimate of drug-likeness (QED) is 0.246. The van der Waals surface area contributed by atoms with Crippen molar-refractivity contribution in [2.45, 2.75) is 0 Å². The van der Waals surface area contributed by atoms with Gasteiger partial charge in [-0.05, 0) is 33.7 Å². The Hall–Kier alpha value is -4.06. The van der Waals surface area contributed by atoms with Gasteiger partial charge >= 0.3 is 0 Å². The van der Waals surface area contributed by atoms with Crippen LogP contribution >= 0.6 is 0 Å². The number of nitro benzene ring substituents is 1. The summed E-state index contributed by atoms with van der Waals surface area (Å²) in [6.07, 6.45) is 1.58. The lowest BCUT2D eigenvalue weighted by atomic mass is 9.97. The number of hydrazone groups is 1. The Morgan fingerprint density at radius 1 is 0.893 bits per heavy atom. The zero-order valence-electron chi connectivity index (χ0n) is 14.7. The molecule has 1 amide bonds. The fourth-order valence-electron chi connectivity index (χ4n) is 3.23. The van der Waals surface area contributed by atoms with E-state index in [0.717, 1.165) is 27.1 Å². The first kappa shape index (κ1) is 17.4. The number of hydrogen-bond donors (Lipinski definition) is 1. The van der Waals surface area contributed by atoms with Gasteiger partial charge in [0.25, 0.3) is 11.6 Å². The van der Waals surface area contributed by atoms with Crippen LogP contribution in [0, 0.1) is 10.1 Å². The van der Waals surface area contributed by atoms with Crippen molar-refractivity contribution < 1.29 is 9.72 Å². The minimum absolute atomic E-state index is 0.0348. The number of nitro groups is 1. The van der Waals surface area contributed by atoms with Crippen LogP contribution in [0.1, 0.15) is 15.9 Å². The SMILES string of the molecule is O=C(N/N=C\c1c2ccccc2cc2ccccc12)c1ccccc1[N+](=O)[O-]. The van der Waals surface area contributed by atoms with Crippen molar-refractivity contribution in [2.75, 3.05) is 0 Å². The van der Waals surface area contributed by atoms with Gasteiger partial charge < -0.3 is 0 Å². The summed E-state index contributed by atoms with van der Waals surface area (Å²) in [5.74, 6) is -0.631. The molecule has 136 valence electrons. The van der Waals surface area contributed by atoms with Gasteiger partial charge in [0.05, 0.1) is 11.1 Å². The maximum Gasteiger partial charge on any atom is 0.282 e. The van der Waals surface area contributed by atoms with E-state index in [4.69, 9.17) is 0 Å². The molecule has 0 radical (unpaired) electrons. The van der Waals surface area contributed by atoms with Gasteiger partial charge in [-0.3, -0.25) is 14.9 Å². The van der Waals surface area contributed by atoms with Gasteiger partial charge in [-0.2, -0.15) is 5.10 Å². The lowest BCUT2D eigenvalue weighted by Gasteiger charge is -2.08. The monoisotopic (exact) mass is 369 g/mol. The molecule has 6 nitrogen and oxygen atoms in total. The average Bonchev–Trinajstić information content (AvgIpc) is 2.73. The van der Waals surface area contributed by atoms with Crippen LogP contribution in [0.25, 0.3) is 21.5 Å². The van der Waals surface area contributed by atoms with Crippen LogP contribution in [0.4, 0.5) is 5.69 Å². The lowest BCUT2D eigenvalue weighted by Crippen LogP contribution is -2.19. The fraction of sp³-hybridized carbons (Fsp3) is 0. The molecule has 0 saturated carbocycles. The van der Waals surface area contributed by atoms with Crippen molar-refractivity contribution in [1.29, 1.82) is 0 Å². The topological polar surface area (TPSA) is 84.6 Å². The van der Waals surface area contributed by atoms with Gasteiger partial charge in [-0.1, -0.05) is 60.7 Å². The van der Waals surface area contributed by atoms with Gasteiger partial charge in [0, 0.05) is 11.6 Å². The van der Waals surface area contributed by atoms with Crippen LogP contribution in [0.2, 0.25) is 0 Å². The highest BCUT2D eigenvalue weighted by Crippen LogP contribution is 2.27. The van der Waals surface area contributed by atoms with E-state index in [-0.39, 0.29) is 11.3 Å². The Morgan fingerprint density at radius 2 is 1.46 bits per heavy atom. The van der Waals surface area contributed by atoms with Gasteiger partial charge in [-0.15, -0.1) is 0 Å². The molecule has 1 N–H and O–H groups in total. The molecule has 4 rings (SSSR count). The largest absolute Gasteiger partial charge is 0.282 e. The number of carbonyl (C=O) groups excluding carboxylic acids is 1. The standard InChI is InChI=1S/C22H15N3O3/c26-22(19-11-5-6-12-21(19)25(27)28)24-23-14-20-17-9-3-1-7-15(17)13-16-8-2-4-10-18(16)20/h1-14H,(H,24,26)/b23-14-. The number of amides is 1. The molecule has 28 heavy (non-hydrogen) atoms. The van der Waals surface area contributed by atoms with Gasteiger partial charge in [0.15, 0.2) is 0 Å². The first-order valence-electron chi connectivity index (χ1n) is 8.62. The smallest absolute Gasteiger partial charge is 0.267 e. The molecule has 0 heterocycles. The number of nitrogens with one attached hydrogen (secondary N) is 1. The zero-order chi connectivity index (χ0) is 19.5. The van der Waals surface area contributed by atoms with E-state index in [2.05, 4.69) is 16.6 Å². The van der Waals surface area contributed by atoms with Crippen LogP contribution < -0.4 is 5.43 Å². The molecule has 4 aromatic carbocycles. The first-order valence-corrected chi connectivity index (χ1v) is 8.62. The Balaban J connectivity index is 1.71. The summed E-state index contributed by atoms with van der Waals surface area (Å²) in [7, 11) is 0. The summed E-state index contributed by atoms with van der Waals surface area (Å²) < 4.78 is 0. The molecule has 0 aliphatic rings. The van der Waals surface area contributed by atoms with E-state index in [1.165, 1.54) is 18.2 Å². The molecular weight excluding hydrogens is 354 g/mol. The van der Waals surface area contributed by atoms with E-state index in [1.54, 1.807) is 12.3 Å². The maximum absolute atomic E-state index is 12.4. The molecule has 6 heteroatoms. The fourth-order valence-corrected chi connectivity index (χ4v) is 3.23. The molecule has 4 aromatic rings. The van der Waals surface area contributed by atoms with Crippen LogP contribution in [-0.2, 0) is 0 Å². The van der Waals surface area contributed by atoms with Crippen LogP contribution in [0.3, 0.4) is 0 Å². The number of para-hydroxylation sites is 1. The van der Waals surface area contributed by atoms with E-state index in [1.807, 2.05) is 48.5 Å². The van der Waals surface area contributed by atoms with Crippen molar-refractivity contribution in [2.24, 2.45) is 5.10 Å². The molecule has 0 atom stereocenters. The maximum atomic E-state index is 12.4. The third-order valence-corrected chi connectivity index (χ3v) is 4.52. The van der Waals surface area contributed by atoms with E-state index in [9.17, 15) is 14.9 Å². The number of fused-ring (bicyclic) bond motifs is 2. The van der Waals surface area contributed by atoms with E-state index >= 15 is 0 Å². The Morgan fingerprint density at radius 3 is 2.11 bits per heavy atom. The molecule has 0 aromatic heterocycles. The zero-order valence-corrected chi connectivity index (χ0v) is 14.7. The summed E-state index contributed by atoms with van der Waals surface area (Å²) in [5, 5.41) is 19.3. The first-order chi connectivity index (χ1) is 13.6. The molecule has 0 saturated heterocycles. The van der Waals surface area contributed by atoms with Gasteiger partial charge in [0.2, 0.25) is 0 Å². The molecular formula is C22H15N3O3. The number of rotatable bonds is 4. The second kappa shape index (κ2) is 7.28. The summed E-state index contributed by atoms with van der Waals surface area (Å²) in [6.45, 7) is 0.